The van der Waals surface area contributed by atoms with Crippen molar-refractivity contribution in [3.8, 4) is 0 Å². The van der Waals surface area contributed by atoms with Crippen LogP contribution in [0.15, 0.2) is 18.2 Å². The van der Waals surface area contributed by atoms with Crippen LogP contribution < -0.4 is 10.2 Å². The van der Waals surface area contributed by atoms with E-state index < -0.39 is 0 Å². The molecule has 18 heavy (non-hydrogen) atoms. The Morgan fingerprint density at radius 1 is 1.28 bits per heavy atom. The van der Waals surface area contributed by atoms with E-state index in [-0.39, 0.29) is 6.61 Å². The Labute approximate surface area is 108 Å². The molecule has 1 aromatic rings. The van der Waals surface area contributed by atoms with Gasteiger partial charge in [0.25, 0.3) is 0 Å². The Kier molecular flexibility index (Phi) is 4.78. The van der Waals surface area contributed by atoms with Crippen molar-refractivity contribution in [3.05, 3.63) is 18.2 Å². The molecule has 0 atom stereocenters. The monoisotopic (exact) mass is 250 g/mol. The Balaban J connectivity index is 2.00. The van der Waals surface area contributed by atoms with Gasteiger partial charge in [-0.15, -0.1) is 0 Å². The van der Waals surface area contributed by atoms with Gasteiger partial charge in [0.15, 0.2) is 0 Å². The zero-order valence-electron chi connectivity index (χ0n) is 11.0. The van der Waals surface area contributed by atoms with Crippen LogP contribution >= 0.6 is 0 Å². The fourth-order valence-electron chi connectivity index (χ4n) is 2.30. The third kappa shape index (κ3) is 3.34. The number of aromatic nitrogens is 1. The van der Waals surface area contributed by atoms with Gasteiger partial charge in [-0.2, -0.15) is 0 Å². The van der Waals surface area contributed by atoms with E-state index in [1.165, 1.54) is 0 Å². The van der Waals surface area contributed by atoms with Crippen molar-refractivity contribution >= 4 is 11.6 Å². The summed E-state index contributed by atoms with van der Waals surface area (Å²) in [6.45, 7) is 5.07. The zero-order valence-corrected chi connectivity index (χ0v) is 11.0. The lowest BCUT2D eigenvalue weighted by atomic mass is 10.3. The van der Waals surface area contributed by atoms with Gasteiger partial charge in [-0.1, -0.05) is 6.07 Å². The smallest absolute Gasteiger partial charge is 0.130 e. The van der Waals surface area contributed by atoms with E-state index in [0.717, 1.165) is 50.8 Å². The van der Waals surface area contributed by atoms with E-state index >= 15 is 0 Å². The molecule has 100 valence electrons. The molecule has 0 unspecified atom stereocenters. The number of nitrogens with zero attached hydrogens (tertiary/aromatic N) is 3. The predicted octanol–water partition coefficient (Wildman–Crippen LogP) is 0.628. The number of hydrogen-bond acceptors (Lipinski definition) is 5. The van der Waals surface area contributed by atoms with Crippen molar-refractivity contribution in [2.45, 2.75) is 6.42 Å². The van der Waals surface area contributed by atoms with Crippen LogP contribution in [-0.2, 0) is 0 Å². The lowest BCUT2D eigenvalue weighted by Gasteiger charge is -2.22. The third-order valence-corrected chi connectivity index (χ3v) is 3.32. The summed E-state index contributed by atoms with van der Waals surface area (Å²) >= 11 is 0. The number of pyridine rings is 1. The fraction of sp³-hybridized carbons (Fsp3) is 0.615. The van der Waals surface area contributed by atoms with E-state index in [0.29, 0.717) is 0 Å². The predicted molar refractivity (Wildman–Crippen MR) is 74.1 cm³/mol. The van der Waals surface area contributed by atoms with Gasteiger partial charge in [0, 0.05) is 33.2 Å². The van der Waals surface area contributed by atoms with Gasteiger partial charge in [0.2, 0.25) is 0 Å². The Hall–Kier alpha value is -1.33. The average molecular weight is 250 g/mol. The minimum atomic E-state index is 0.244. The molecule has 0 radical (unpaired) electrons. The summed E-state index contributed by atoms with van der Waals surface area (Å²) in [4.78, 5) is 9.20. The SMILES string of the molecule is CNc1cccc(N2CCCN(CCO)CC2)n1. The molecule has 2 heterocycles. The van der Waals surface area contributed by atoms with Crippen molar-refractivity contribution in [3.63, 3.8) is 0 Å². The summed E-state index contributed by atoms with van der Waals surface area (Å²) in [6, 6.07) is 6.06. The highest BCUT2D eigenvalue weighted by Crippen LogP contribution is 2.16. The van der Waals surface area contributed by atoms with Crippen LogP contribution in [0.1, 0.15) is 6.42 Å². The maximum atomic E-state index is 8.99. The second-order valence-electron chi connectivity index (χ2n) is 4.54. The van der Waals surface area contributed by atoms with E-state index in [4.69, 9.17) is 5.11 Å². The number of β-amino-alcohol motifs (C(OH)–C–C–N with tert-alkyl or cyclic N) is 1. The lowest BCUT2D eigenvalue weighted by molar-refractivity contribution is 0.204. The highest BCUT2D eigenvalue weighted by Gasteiger charge is 2.15. The summed E-state index contributed by atoms with van der Waals surface area (Å²) in [6.07, 6.45) is 1.12. The first-order valence-electron chi connectivity index (χ1n) is 6.56. The zero-order chi connectivity index (χ0) is 12.8. The third-order valence-electron chi connectivity index (χ3n) is 3.32. The maximum Gasteiger partial charge on any atom is 0.130 e. The normalized spacial score (nSPS) is 17.6. The molecule has 2 rings (SSSR count). The molecule has 2 N–H and O–H groups in total. The van der Waals surface area contributed by atoms with E-state index in [1.54, 1.807) is 0 Å². The second-order valence-corrected chi connectivity index (χ2v) is 4.54. The van der Waals surface area contributed by atoms with Gasteiger partial charge < -0.3 is 15.3 Å². The number of hydrogen-bond donors (Lipinski definition) is 2. The largest absolute Gasteiger partial charge is 0.395 e. The van der Waals surface area contributed by atoms with E-state index in [2.05, 4.69) is 26.2 Å². The molecule has 5 nitrogen and oxygen atoms in total. The van der Waals surface area contributed by atoms with Crippen LogP contribution in [0.2, 0.25) is 0 Å². The van der Waals surface area contributed by atoms with Gasteiger partial charge in [0.1, 0.15) is 11.6 Å². The highest BCUT2D eigenvalue weighted by molar-refractivity contribution is 5.46. The number of rotatable bonds is 4. The number of nitrogens with one attached hydrogen (secondary N) is 1. The molecule has 1 fully saturated rings. The van der Waals surface area contributed by atoms with Crippen LogP contribution in [0.3, 0.4) is 0 Å². The summed E-state index contributed by atoms with van der Waals surface area (Å²) in [5, 5.41) is 12.1. The summed E-state index contributed by atoms with van der Waals surface area (Å²) in [5.41, 5.74) is 0. The van der Waals surface area contributed by atoms with Crippen molar-refractivity contribution in [1.82, 2.24) is 9.88 Å². The van der Waals surface area contributed by atoms with Gasteiger partial charge in [-0.25, -0.2) is 4.98 Å². The fourth-order valence-corrected chi connectivity index (χ4v) is 2.30. The molecule has 0 spiro atoms. The first-order chi connectivity index (χ1) is 8.83. The first-order valence-corrected chi connectivity index (χ1v) is 6.56. The van der Waals surface area contributed by atoms with Crippen molar-refractivity contribution in [2.24, 2.45) is 0 Å². The molecule has 0 bridgehead atoms. The van der Waals surface area contributed by atoms with Crippen LogP contribution in [0, 0.1) is 0 Å². The topological polar surface area (TPSA) is 51.6 Å². The van der Waals surface area contributed by atoms with Crippen LogP contribution in [0.4, 0.5) is 11.6 Å². The van der Waals surface area contributed by atoms with Crippen molar-refractivity contribution in [2.75, 3.05) is 56.6 Å². The number of anilines is 2. The quantitative estimate of drug-likeness (QED) is 0.821. The molecule has 0 aliphatic carbocycles. The molecule has 0 amide bonds. The Morgan fingerprint density at radius 3 is 2.94 bits per heavy atom. The number of aliphatic hydroxyl groups is 1. The first kappa shape index (κ1) is 13.1. The molecule has 5 heteroatoms. The van der Waals surface area contributed by atoms with Crippen LogP contribution in [0.5, 0.6) is 0 Å². The van der Waals surface area contributed by atoms with Crippen LogP contribution in [-0.4, -0.2) is 61.4 Å². The molecule has 1 aromatic heterocycles. The molecular formula is C13H22N4O. The van der Waals surface area contributed by atoms with Gasteiger partial charge in [-0.05, 0) is 25.1 Å². The molecular weight excluding hydrogens is 228 g/mol. The lowest BCUT2D eigenvalue weighted by Crippen LogP contribution is -2.32. The Morgan fingerprint density at radius 2 is 2.17 bits per heavy atom. The highest BCUT2D eigenvalue weighted by atomic mass is 16.3. The van der Waals surface area contributed by atoms with Gasteiger partial charge >= 0.3 is 0 Å². The minimum absolute atomic E-state index is 0.244. The molecule has 1 aliphatic heterocycles. The molecule has 1 saturated heterocycles. The summed E-state index contributed by atoms with van der Waals surface area (Å²) < 4.78 is 0. The average Bonchev–Trinajstić information content (AvgIpc) is 2.65. The van der Waals surface area contributed by atoms with Gasteiger partial charge in [0.05, 0.1) is 6.61 Å². The van der Waals surface area contributed by atoms with Crippen molar-refractivity contribution < 1.29 is 5.11 Å². The van der Waals surface area contributed by atoms with E-state index in [1.807, 2.05) is 19.2 Å². The Bertz CT molecular complexity index is 372. The van der Waals surface area contributed by atoms with Crippen LogP contribution in [0.25, 0.3) is 0 Å². The molecule has 0 aromatic carbocycles. The minimum Gasteiger partial charge on any atom is -0.395 e. The second kappa shape index (κ2) is 6.56. The molecule has 1 aliphatic rings. The standard InChI is InChI=1S/C13H22N4O/c1-14-12-4-2-5-13(15-12)17-7-3-6-16(8-9-17)10-11-18/h2,4-5,18H,3,6-11H2,1H3,(H,14,15). The van der Waals surface area contributed by atoms with Crippen molar-refractivity contribution in [1.29, 1.82) is 0 Å². The van der Waals surface area contributed by atoms with E-state index in [9.17, 15) is 0 Å². The molecule has 0 saturated carbocycles. The summed E-state index contributed by atoms with van der Waals surface area (Å²) in [7, 11) is 1.89. The van der Waals surface area contributed by atoms with Gasteiger partial charge in [-0.3, -0.25) is 4.90 Å². The number of aliphatic hydroxyl groups excluding tert-OH is 1. The summed E-state index contributed by atoms with van der Waals surface area (Å²) in [5.74, 6) is 1.94. The maximum absolute atomic E-state index is 8.99.